The third-order valence-electron chi connectivity index (χ3n) is 7.41. The molecule has 0 bridgehead atoms. The molecule has 0 unspecified atom stereocenters. The fourth-order valence-corrected chi connectivity index (χ4v) is 5.74. The van der Waals surface area contributed by atoms with Gasteiger partial charge in [0.05, 0.1) is 16.1 Å². The largest absolute Gasteiger partial charge is 0.347 e. The number of hydrogen-bond acceptors (Lipinski definition) is 3. The van der Waals surface area contributed by atoms with Gasteiger partial charge in [-0.15, -0.1) is 0 Å². The number of ketones is 1. The van der Waals surface area contributed by atoms with E-state index in [9.17, 15) is 14.0 Å². The summed E-state index contributed by atoms with van der Waals surface area (Å²) in [6.07, 6.45) is 6.12. The summed E-state index contributed by atoms with van der Waals surface area (Å²) < 4.78 is 16.8. The van der Waals surface area contributed by atoms with Crippen LogP contribution < -0.4 is 0 Å². The van der Waals surface area contributed by atoms with E-state index in [0.29, 0.717) is 54.3 Å². The van der Waals surface area contributed by atoms with Crippen molar-refractivity contribution in [3.8, 4) is 0 Å². The van der Waals surface area contributed by atoms with Gasteiger partial charge in [0.25, 0.3) is 5.91 Å². The molecule has 1 aliphatic heterocycles. The highest BCUT2D eigenvalue weighted by Gasteiger charge is 2.28. The molecule has 5 nitrogen and oxygen atoms in total. The molecule has 8 heteroatoms. The molecule has 35 heavy (non-hydrogen) atoms. The number of benzene rings is 1. The van der Waals surface area contributed by atoms with Gasteiger partial charge in [-0.3, -0.25) is 4.79 Å². The first kappa shape index (κ1) is 24.3. The fourth-order valence-electron chi connectivity index (χ4n) is 5.19. The van der Waals surface area contributed by atoms with Gasteiger partial charge < -0.3 is 14.3 Å². The molecule has 184 valence electrons. The summed E-state index contributed by atoms with van der Waals surface area (Å²) in [6, 6.07) is 5.53. The second kappa shape index (κ2) is 9.55. The Hall–Kier alpha value is -2.44. The number of aromatic nitrogens is 2. The maximum atomic E-state index is 14.9. The summed E-state index contributed by atoms with van der Waals surface area (Å²) in [5.74, 6) is 0.549. The van der Waals surface area contributed by atoms with Gasteiger partial charge in [0.2, 0.25) is 0 Å². The fraction of sp³-hybridized carbons (Fsp3) is 0.444. The van der Waals surface area contributed by atoms with Gasteiger partial charge in [-0.25, -0.2) is 9.37 Å². The van der Waals surface area contributed by atoms with E-state index >= 15 is 0 Å². The SMILES string of the molecule is CC(=O)CC1CCN(C(=O)c2cnc(Cl)c(Cc3cc4c(F)cc(C5CC5)cc4n3C)c2Cl)CC1. The molecule has 0 atom stereocenters. The van der Waals surface area contributed by atoms with Crippen LogP contribution >= 0.6 is 23.2 Å². The molecule has 3 heterocycles. The zero-order valence-corrected chi connectivity index (χ0v) is 21.4. The highest BCUT2D eigenvalue weighted by molar-refractivity contribution is 6.37. The van der Waals surface area contributed by atoms with Crippen LogP contribution in [0.3, 0.4) is 0 Å². The molecule has 5 rings (SSSR count). The Morgan fingerprint density at radius 3 is 2.49 bits per heavy atom. The lowest BCUT2D eigenvalue weighted by Crippen LogP contribution is -2.39. The Bertz CT molecular complexity index is 1320. The van der Waals surface area contributed by atoms with E-state index in [1.807, 2.05) is 17.7 Å². The minimum atomic E-state index is -0.223. The number of carbonyl (C=O) groups is 2. The molecule has 1 saturated heterocycles. The summed E-state index contributed by atoms with van der Waals surface area (Å²) in [5.41, 5.74) is 3.59. The lowest BCUT2D eigenvalue weighted by atomic mass is 9.92. The third kappa shape index (κ3) is 4.83. The van der Waals surface area contributed by atoms with E-state index in [1.165, 1.54) is 6.20 Å². The molecular formula is C27H28Cl2FN3O2. The van der Waals surface area contributed by atoms with Crippen molar-refractivity contribution in [2.45, 2.75) is 51.4 Å². The molecule has 1 amide bonds. The van der Waals surface area contributed by atoms with Gasteiger partial charge in [0.1, 0.15) is 16.8 Å². The van der Waals surface area contributed by atoms with Gasteiger partial charge in [-0.2, -0.15) is 0 Å². The van der Waals surface area contributed by atoms with Crippen molar-refractivity contribution in [1.82, 2.24) is 14.5 Å². The highest BCUT2D eigenvalue weighted by atomic mass is 35.5. The minimum Gasteiger partial charge on any atom is -0.347 e. The number of rotatable bonds is 6. The standard InChI is InChI=1S/C27H28Cl2FN3O2/c1-15(34)9-16-5-7-33(8-6-16)27(35)22-14-31-26(29)21(25(22)28)13-19-12-20-23(30)10-18(17-3-4-17)11-24(20)32(19)2/h10-12,14,16-17H,3-9,13H2,1-2H3. The van der Waals surface area contributed by atoms with Crippen molar-refractivity contribution >= 4 is 45.8 Å². The maximum Gasteiger partial charge on any atom is 0.256 e. The summed E-state index contributed by atoms with van der Waals surface area (Å²) in [5, 5.41) is 1.08. The topological polar surface area (TPSA) is 55.2 Å². The van der Waals surface area contributed by atoms with Crippen LogP contribution in [-0.2, 0) is 18.3 Å². The van der Waals surface area contributed by atoms with Gasteiger partial charge in [-0.05, 0) is 68.2 Å². The van der Waals surface area contributed by atoms with Crippen molar-refractivity contribution in [1.29, 1.82) is 0 Å². The number of hydrogen-bond donors (Lipinski definition) is 0. The van der Waals surface area contributed by atoms with Gasteiger partial charge in [-0.1, -0.05) is 23.2 Å². The van der Waals surface area contributed by atoms with Gasteiger partial charge in [0.15, 0.2) is 0 Å². The number of Topliss-reactive ketones (excluding diaryl/α,β-unsaturated/α-hetero) is 1. The average molecular weight is 516 g/mol. The number of fused-ring (bicyclic) bond motifs is 1. The minimum absolute atomic E-state index is 0.182. The van der Waals surface area contributed by atoms with E-state index in [0.717, 1.165) is 42.5 Å². The summed E-state index contributed by atoms with van der Waals surface area (Å²) in [4.78, 5) is 30.7. The van der Waals surface area contributed by atoms with Crippen LogP contribution in [-0.4, -0.2) is 39.2 Å². The molecule has 0 N–H and O–H groups in total. The first-order chi connectivity index (χ1) is 16.7. The lowest BCUT2D eigenvalue weighted by molar-refractivity contribution is -0.118. The van der Waals surface area contributed by atoms with Gasteiger partial charge in [0, 0.05) is 55.8 Å². The van der Waals surface area contributed by atoms with Crippen LogP contribution in [0.25, 0.3) is 10.9 Å². The molecule has 0 radical (unpaired) electrons. The summed E-state index contributed by atoms with van der Waals surface area (Å²) >= 11 is 13.2. The van der Waals surface area contributed by atoms with Crippen molar-refractivity contribution < 1.29 is 14.0 Å². The van der Waals surface area contributed by atoms with Crippen LogP contribution in [0.5, 0.6) is 0 Å². The molecule has 2 fully saturated rings. The van der Waals surface area contributed by atoms with E-state index in [2.05, 4.69) is 11.1 Å². The normalized spacial score (nSPS) is 16.8. The van der Waals surface area contributed by atoms with Crippen LogP contribution in [0, 0.1) is 11.7 Å². The first-order valence-corrected chi connectivity index (χ1v) is 12.9. The Labute approximate surface area is 214 Å². The Kier molecular flexibility index (Phi) is 6.62. The van der Waals surface area contributed by atoms with Crippen molar-refractivity contribution in [2.75, 3.05) is 13.1 Å². The molecular weight excluding hydrogens is 488 g/mol. The smallest absolute Gasteiger partial charge is 0.256 e. The van der Waals surface area contributed by atoms with E-state index < -0.39 is 0 Å². The monoisotopic (exact) mass is 515 g/mol. The predicted octanol–water partition coefficient (Wildman–Crippen LogP) is 6.32. The van der Waals surface area contributed by atoms with Crippen LogP contribution in [0.4, 0.5) is 4.39 Å². The van der Waals surface area contributed by atoms with Crippen LogP contribution in [0.2, 0.25) is 10.2 Å². The lowest BCUT2D eigenvalue weighted by Gasteiger charge is -2.32. The molecule has 1 saturated carbocycles. The number of nitrogens with zero attached hydrogens (tertiary/aromatic N) is 3. The average Bonchev–Trinajstić information content (AvgIpc) is 3.62. The third-order valence-corrected chi connectivity index (χ3v) is 8.16. The second-order valence-electron chi connectivity index (χ2n) is 9.98. The maximum absolute atomic E-state index is 14.9. The summed E-state index contributed by atoms with van der Waals surface area (Å²) in [7, 11) is 1.91. The summed E-state index contributed by atoms with van der Waals surface area (Å²) in [6.45, 7) is 2.77. The molecule has 3 aromatic rings. The number of likely N-dealkylation sites (tertiary alicyclic amines) is 1. The van der Waals surface area contributed by atoms with Crippen molar-refractivity contribution in [2.24, 2.45) is 13.0 Å². The Balaban J connectivity index is 1.40. The second-order valence-corrected chi connectivity index (χ2v) is 10.7. The zero-order chi connectivity index (χ0) is 24.9. The van der Waals surface area contributed by atoms with Gasteiger partial charge >= 0.3 is 0 Å². The number of halogens is 3. The number of amides is 1. The van der Waals surface area contributed by atoms with Crippen LogP contribution in [0.15, 0.2) is 24.4 Å². The Morgan fingerprint density at radius 1 is 1.11 bits per heavy atom. The predicted molar refractivity (Wildman–Crippen MR) is 136 cm³/mol. The molecule has 2 aliphatic rings. The highest BCUT2D eigenvalue weighted by Crippen LogP contribution is 2.42. The van der Waals surface area contributed by atoms with Crippen LogP contribution in [0.1, 0.15) is 72.1 Å². The number of aryl methyl sites for hydroxylation is 1. The molecule has 2 aromatic heterocycles. The number of piperidine rings is 1. The molecule has 0 spiro atoms. The molecule has 1 aromatic carbocycles. The van der Waals surface area contributed by atoms with E-state index in [-0.39, 0.29) is 27.7 Å². The first-order valence-electron chi connectivity index (χ1n) is 12.1. The number of pyridine rings is 1. The van der Waals surface area contributed by atoms with Crippen molar-refractivity contribution in [3.05, 3.63) is 62.8 Å². The van der Waals surface area contributed by atoms with Crippen molar-refractivity contribution in [3.63, 3.8) is 0 Å². The molecule has 1 aliphatic carbocycles. The van der Waals surface area contributed by atoms with E-state index in [4.69, 9.17) is 23.2 Å². The zero-order valence-electron chi connectivity index (χ0n) is 19.9. The quantitative estimate of drug-likeness (QED) is 0.361. The Morgan fingerprint density at radius 2 is 1.83 bits per heavy atom. The number of carbonyl (C=O) groups excluding carboxylic acids is 2. The van der Waals surface area contributed by atoms with E-state index in [1.54, 1.807) is 17.9 Å².